The third kappa shape index (κ3) is 3.28. The van der Waals surface area contributed by atoms with E-state index in [0.717, 1.165) is 19.3 Å². The normalized spacial score (nSPS) is 10.9. The predicted molar refractivity (Wildman–Crippen MR) is 72.5 cm³/mol. The molecule has 0 atom stereocenters. The van der Waals surface area contributed by atoms with Crippen molar-refractivity contribution in [3.05, 3.63) is 41.8 Å². The summed E-state index contributed by atoms with van der Waals surface area (Å²) >= 11 is 0. The number of carbonyl (C=O) groups excluding carboxylic acids is 1. The van der Waals surface area contributed by atoms with Crippen molar-refractivity contribution in [1.29, 1.82) is 0 Å². The zero-order valence-corrected chi connectivity index (χ0v) is 11.1. The highest BCUT2D eigenvalue weighted by atomic mass is 19.1. The highest BCUT2D eigenvalue weighted by molar-refractivity contribution is 5.85. The Morgan fingerprint density at radius 1 is 1.42 bits per heavy atom. The molecule has 19 heavy (non-hydrogen) atoms. The van der Waals surface area contributed by atoms with Crippen LogP contribution in [0.4, 0.5) is 4.39 Å². The van der Waals surface area contributed by atoms with Gasteiger partial charge in [-0.05, 0) is 24.5 Å². The summed E-state index contributed by atoms with van der Waals surface area (Å²) < 4.78 is 15.0. The van der Waals surface area contributed by atoms with Gasteiger partial charge >= 0.3 is 0 Å². The molecule has 0 amide bonds. The minimum absolute atomic E-state index is 0.328. The van der Waals surface area contributed by atoms with Gasteiger partial charge in [0.2, 0.25) is 0 Å². The SMILES string of the molecule is CC(C)CCn1cc(C=O)c(-c2cccc(F)c2)n1. The molecule has 0 aliphatic carbocycles. The number of carbonyl (C=O) groups is 1. The summed E-state index contributed by atoms with van der Waals surface area (Å²) in [6.45, 7) is 5.03. The average molecular weight is 260 g/mol. The molecule has 0 aliphatic rings. The third-order valence-electron chi connectivity index (χ3n) is 2.95. The van der Waals surface area contributed by atoms with Gasteiger partial charge in [0.15, 0.2) is 6.29 Å². The molecule has 2 rings (SSSR count). The van der Waals surface area contributed by atoms with Gasteiger partial charge in [0.25, 0.3) is 0 Å². The summed E-state index contributed by atoms with van der Waals surface area (Å²) in [5.74, 6) is 0.243. The van der Waals surface area contributed by atoms with E-state index in [0.29, 0.717) is 22.7 Å². The van der Waals surface area contributed by atoms with Crippen LogP contribution in [-0.2, 0) is 6.54 Å². The molecule has 1 aromatic carbocycles. The van der Waals surface area contributed by atoms with Crippen LogP contribution in [0.1, 0.15) is 30.6 Å². The van der Waals surface area contributed by atoms with Gasteiger partial charge in [0.05, 0.1) is 5.56 Å². The van der Waals surface area contributed by atoms with Crippen LogP contribution in [0.3, 0.4) is 0 Å². The number of hydrogen-bond acceptors (Lipinski definition) is 2. The van der Waals surface area contributed by atoms with Crippen molar-refractivity contribution in [3.63, 3.8) is 0 Å². The van der Waals surface area contributed by atoms with Crippen LogP contribution < -0.4 is 0 Å². The number of aromatic nitrogens is 2. The van der Waals surface area contributed by atoms with E-state index in [1.54, 1.807) is 23.0 Å². The Balaban J connectivity index is 2.32. The van der Waals surface area contributed by atoms with Crippen molar-refractivity contribution < 1.29 is 9.18 Å². The molecule has 0 fully saturated rings. The highest BCUT2D eigenvalue weighted by Crippen LogP contribution is 2.22. The molecule has 0 saturated heterocycles. The maximum Gasteiger partial charge on any atom is 0.153 e. The Hall–Kier alpha value is -1.97. The highest BCUT2D eigenvalue weighted by Gasteiger charge is 2.11. The van der Waals surface area contributed by atoms with Gasteiger partial charge in [-0.15, -0.1) is 0 Å². The first-order valence-corrected chi connectivity index (χ1v) is 6.38. The summed E-state index contributed by atoms with van der Waals surface area (Å²) in [6, 6.07) is 6.14. The zero-order chi connectivity index (χ0) is 13.8. The van der Waals surface area contributed by atoms with E-state index in [4.69, 9.17) is 0 Å². The summed E-state index contributed by atoms with van der Waals surface area (Å²) in [5, 5.41) is 4.38. The maximum atomic E-state index is 13.2. The molecular formula is C15H17FN2O. The largest absolute Gasteiger partial charge is 0.298 e. The smallest absolute Gasteiger partial charge is 0.153 e. The van der Waals surface area contributed by atoms with Crippen LogP contribution >= 0.6 is 0 Å². The second-order valence-corrected chi connectivity index (χ2v) is 5.01. The lowest BCUT2D eigenvalue weighted by atomic mass is 10.1. The molecular weight excluding hydrogens is 243 g/mol. The lowest BCUT2D eigenvalue weighted by Crippen LogP contribution is -2.02. The molecule has 0 spiro atoms. The molecule has 1 aromatic heterocycles. The Bertz CT molecular complexity index is 575. The van der Waals surface area contributed by atoms with Crippen LogP contribution in [0.2, 0.25) is 0 Å². The van der Waals surface area contributed by atoms with E-state index in [9.17, 15) is 9.18 Å². The second-order valence-electron chi connectivity index (χ2n) is 5.01. The van der Waals surface area contributed by atoms with Crippen LogP contribution in [0.25, 0.3) is 11.3 Å². The topological polar surface area (TPSA) is 34.9 Å². The quantitative estimate of drug-likeness (QED) is 0.771. The number of rotatable bonds is 5. The molecule has 3 nitrogen and oxygen atoms in total. The van der Waals surface area contributed by atoms with E-state index in [-0.39, 0.29) is 5.82 Å². The lowest BCUT2D eigenvalue weighted by molar-refractivity contribution is 0.112. The van der Waals surface area contributed by atoms with Crippen molar-refractivity contribution in [2.75, 3.05) is 0 Å². The van der Waals surface area contributed by atoms with Crippen LogP contribution in [-0.4, -0.2) is 16.1 Å². The van der Waals surface area contributed by atoms with Crippen LogP contribution in [0, 0.1) is 11.7 Å². The van der Waals surface area contributed by atoms with Gasteiger partial charge in [-0.3, -0.25) is 9.48 Å². The third-order valence-corrected chi connectivity index (χ3v) is 2.95. The second kappa shape index (κ2) is 5.78. The molecule has 1 heterocycles. The van der Waals surface area contributed by atoms with Gasteiger partial charge in [-0.25, -0.2) is 4.39 Å². The van der Waals surface area contributed by atoms with Gasteiger partial charge in [0.1, 0.15) is 11.5 Å². The molecule has 0 N–H and O–H groups in total. The van der Waals surface area contributed by atoms with E-state index >= 15 is 0 Å². The standard InChI is InChI=1S/C15H17FN2O/c1-11(2)6-7-18-9-13(10-19)15(17-18)12-4-3-5-14(16)8-12/h3-5,8-11H,6-7H2,1-2H3. The number of hydrogen-bond donors (Lipinski definition) is 0. The molecule has 2 aromatic rings. The fourth-order valence-corrected chi connectivity index (χ4v) is 1.89. The number of aldehydes is 1. The van der Waals surface area contributed by atoms with E-state index < -0.39 is 0 Å². The zero-order valence-electron chi connectivity index (χ0n) is 11.1. The van der Waals surface area contributed by atoms with Gasteiger partial charge in [0, 0.05) is 18.3 Å². The number of halogens is 1. The minimum Gasteiger partial charge on any atom is -0.298 e. The molecule has 0 saturated carbocycles. The molecule has 0 unspecified atom stereocenters. The monoisotopic (exact) mass is 260 g/mol. The fraction of sp³-hybridized carbons (Fsp3) is 0.333. The van der Waals surface area contributed by atoms with Crippen molar-refractivity contribution in [3.8, 4) is 11.3 Å². The number of benzene rings is 1. The molecule has 0 aliphatic heterocycles. The van der Waals surface area contributed by atoms with E-state index in [1.807, 2.05) is 0 Å². The average Bonchev–Trinajstić information content (AvgIpc) is 2.79. The van der Waals surface area contributed by atoms with Gasteiger partial charge in [-0.1, -0.05) is 26.0 Å². The van der Waals surface area contributed by atoms with Gasteiger partial charge in [-0.2, -0.15) is 5.10 Å². The Morgan fingerprint density at radius 3 is 2.84 bits per heavy atom. The minimum atomic E-state index is -0.328. The molecule has 100 valence electrons. The van der Waals surface area contributed by atoms with E-state index in [2.05, 4.69) is 18.9 Å². The fourth-order valence-electron chi connectivity index (χ4n) is 1.89. The summed E-state index contributed by atoms with van der Waals surface area (Å²) in [6.07, 6.45) is 3.47. The Morgan fingerprint density at radius 2 is 2.21 bits per heavy atom. The van der Waals surface area contributed by atoms with Gasteiger partial charge < -0.3 is 0 Å². The number of aryl methyl sites for hydroxylation is 1. The summed E-state index contributed by atoms with van der Waals surface area (Å²) in [5.41, 5.74) is 1.66. The van der Waals surface area contributed by atoms with E-state index in [1.165, 1.54) is 12.1 Å². The van der Waals surface area contributed by atoms with Crippen molar-refractivity contribution in [1.82, 2.24) is 9.78 Å². The molecule has 0 bridgehead atoms. The molecule has 4 heteroatoms. The van der Waals surface area contributed by atoms with Crippen molar-refractivity contribution in [2.24, 2.45) is 5.92 Å². The predicted octanol–water partition coefficient (Wildman–Crippen LogP) is 3.55. The Labute approximate surface area is 112 Å². The Kier molecular flexibility index (Phi) is 4.10. The summed E-state index contributed by atoms with van der Waals surface area (Å²) in [7, 11) is 0. The molecule has 0 radical (unpaired) electrons. The lowest BCUT2D eigenvalue weighted by Gasteiger charge is -2.04. The first-order chi connectivity index (χ1) is 9.10. The maximum absolute atomic E-state index is 13.2. The van der Waals surface area contributed by atoms with Crippen LogP contribution in [0.15, 0.2) is 30.5 Å². The van der Waals surface area contributed by atoms with Crippen LogP contribution in [0.5, 0.6) is 0 Å². The first-order valence-electron chi connectivity index (χ1n) is 6.38. The first kappa shape index (κ1) is 13.5. The van der Waals surface area contributed by atoms with Crippen molar-refractivity contribution in [2.45, 2.75) is 26.8 Å². The summed E-state index contributed by atoms with van der Waals surface area (Å²) in [4.78, 5) is 11.1. The number of nitrogens with zero attached hydrogens (tertiary/aromatic N) is 2. The van der Waals surface area contributed by atoms with Crippen molar-refractivity contribution >= 4 is 6.29 Å².